The van der Waals surface area contributed by atoms with Gasteiger partial charge in [0.05, 0.1) is 31.0 Å². The molecule has 0 saturated heterocycles. The summed E-state index contributed by atoms with van der Waals surface area (Å²) < 4.78 is 42.8. The van der Waals surface area contributed by atoms with E-state index in [0.29, 0.717) is 5.56 Å². The predicted molar refractivity (Wildman–Crippen MR) is 104 cm³/mol. The molecular weight excluding hydrogens is 421 g/mol. The summed E-state index contributed by atoms with van der Waals surface area (Å²) in [5, 5.41) is 6.85. The smallest absolute Gasteiger partial charge is 0.321 e. The van der Waals surface area contributed by atoms with E-state index in [9.17, 15) is 17.6 Å². The quantitative estimate of drug-likeness (QED) is 0.582. The molecular formula is C17H16FN5O4S2. The number of benzene rings is 1. The van der Waals surface area contributed by atoms with Crippen LogP contribution >= 0.6 is 11.3 Å². The topological polar surface area (TPSA) is 123 Å². The summed E-state index contributed by atoms with van der Waals surface area (Å²) >= 11 is 1.09. The SMILES string of the molecule is COc1ncc(S(=O)(=O)Cc2csc(NC(=O)NCc3cccc(F)c3)n2)cn1. The number of hydrogen-bond acceptors (Lipinski definition) is 8. The minimum Gasteiger partial charge on any atom is -0.467 e. The second kappa shape index (κ2) is 8.92. The van der Waals surface area contributed by atoms with E-state index in [4.69, 9.17) is 4.74 Å². The van der Waals surface area contributed by atoms with Gasteiger partial charge in [-0.2, -0.15) is 0 Å². The van der Waals surface area contributed by atoms with Gasteiger partial charge in [-0.25, -0.2) is 32.6 Å². The number of urea groups is 1. The second-order valence-corrected chi connectivity index (χ2v) is 8.59. The zero-order chi connectivity index (χ0) is 20.9. The number of thiazole rings is 1. The Morgan fingerprint density at radius 2 is 2.03 bits per heavy atom. The highest BCUT2D eigenvalue weighted by atomic mass is 32.2. The number of amides is 2. The average Bonchev–Trinajstić information content (AvgIpc) is 3.12. The molecule has 3 rings (SSSR count). The summed E-state index contributed by atoms with van der Waals surface area (Å²) in [5.41, 5.74) is 0.874. The van der Waals surface area contributed by atoms with Crippen molar-refractivity contribution in [1.82, 2.24) is 20.3 Å². The van der Waals surface area contributed by atoms with Crippen molar-refractivity contribution in [3.05, 3.63) is 59.1 Å². The first-order valence-electron chi connectivity index (χ1n) is 8.18. The minimum absolute atomic E-state index is 0.0614. The van der Waals surface area contributed by atoms with Gasteiger partial charge in [-0.1, -0.05) is 12.1 Å². The molecule has 3 aromatic rings. The maximum atomic E-state index is 13.1. The van der Waals surface area contributed by atoms with Crippen molar-refractivity contribution in [2.75, 3.05) is 12.4 Å². The second-order valence-electron chi connectivity index (χ2n) is 5.75. The van der Waals surface area contributed by atoms with Crippen LogP contribution in [0.3, 0.4) is 0 Å². The molecule has 0 aliphatic rings. The maximum Gasteiger partial charge on any atom is 0.321 e. The molecule has 0 bridgehead atoms. The molecule has 0 saturated carbocycles. The van der Waals surface area contributed by atoms with Crippen molar-refractivity contribution in [2.45, 2.75) is 17.2 Å². The monoisotopic (exact) mass is 437 g/mol. The Hall–Kier alpha value is -3.12. The first kappa shape index (κ1) is 20.6. The molecule has 0 aliphatic heterocycles. The van der Waals surface area contributed by atoms with Crippen LogP contribution in [0.1, 0.15) is 11.3 Å². The molecule has 0 radical (unpaired) electrons. The van der Waals surface area contributed by atoms with E-state index in [1.54, 1.807) is 12.1 Å². The third kappa shape index (κ3) is 5.68. The molecule has 12 heteroatoms. The highest BCUT2D eigenvalue weighted by Crippen LogP contribution is 2.20. The molecule has 2 heterocycles. The normalized spacial score (nSPS) is 11.1. The van der Waals surface area contributed by atoms with Gasteiger partial charge < -0.3 is 10.1 Å². The van der Waals surface area contributed by atoms with Crippen molar-refractivity contribution in [1.29, 1.82) is 0 Å². The minimum atomic E-state index is -3.70. The number of halogens is 1. The number of nitrogens with zero attached hydrogens (tertiary/aromatic N) is 3. The molecule has 0 spiro atoms. The number of carbonyl (C=O) groups excluding carboxylic acids is 1. The highest BCUT2D eigenvalue weighted by molar-refractivity contribution is 7.90. The molecule has 0 fully saturated rings. The largest absolute Gasteiger partial charge is 0.467 e. The lowest BCUT2D eigenvalue weighted by atomic mass is 10.2. The average molecular weight is 437 g/mol. The molecule has 2 aromatic heterocycles. The lowest BCUT2D eigenvalue weighted by Gasteiger charge is -2.05. The Morgan fingerprint density at radius 3 is 2.72 bits per heavy atom. The lowest BCUT2D eigenvalue weighted by molar-refractivity contribution is 0.251. The van der Waals surface area contributed by atoms with Crippen LogP contribution in [-0.2, 0) is 22.1 Å². The van der Waals surface area contributed by atoms with E-state index in [0.717, 1.165) is 23.7 Å². The van der Waals surface area contributed by atoms with Crippen LogP contribution in [0.25, 0.3) is 0 Å². The number of methoxy groups -OCH3 is 1. The van der Waals surface area contributed by atoms with Gasteiger partial charge in [0.15, 0.2) is 15.0 Å². The first-order valence-corrected chi connectivity index (χ1v) is 10.7. The maximum absolute atomic E-state index is 13.1. The molecule has 9 nitrogen and oxygen atoms in total. The van der Waals surface area contributed by atoms with Crippen LogP contribution in [0.15, 0.2) is 46.9 Å². The van der Waals surface area contributed by atoms with E-state index in [-0.39, 0.29) is 34.0 Å². The van der Waals surface area contributed by atoms with Crippen LogP contribution in [-0.4, -0.2) is 36.5 Å². The molecule has 152 valence electrons. The lowest BCUT2D eigenvalue weighted by Crippen LogP contribution is -2.28. The summed E-state index contributed by atoms with van der Waals surface area (Å²) in [4.78, 5) is 23.6. The van der Waals surface area contributed by atoms with Crippen molar-refractivity contribution >= 4 is 32.3 Å². The number of sulfone groups is 1. The molecule has 2 amide bonds. The molecule has 2 N–H and O–H groups in total. The Labute approximate surface area is 169 Å². The van der Waals surface area contributed by atoms with Crippen molar-refractivity contribution in [2.24, 2.45) is 0 Å². The number of nitrogens with one attached hydrogen (secondary N) is 2. The first-order chi connectivity index (χ1) is 13.9. The third-order valence-electron chi connectivity index (χ3n) is 3.60. The van der Waals surface area contributed by atoms with Gasteiger partial charge in [0, 0.05) is 11.9 Å². The molecule has 0 aliphatic carbocycles. The van der Waals surface area contributed by atoms with E-state index in [1.807, 2.05) is 0 Å². The Morgan fingerprint density at radius 1 is 1.28 bits per heavy atom. The molecule has 0 unspecified atom stereocenters. The van der Waals surface area contributed by atoms with Gasteiger partial charge in [0.25, 0.3) is 0 Å². The molecule has 1 aromatic carbocycles. The van der Waals surface area contributed by atoms with Gasteiger partial charge in [0.1, 0.15) is 10.7 Å². The molecule has 29 heavy (non-hydrogen) atoms. The summed E-state index contributed by atoms with van der Waals surface area (Å²) in [6.07, 6.45) is 2.32. The van der Waals surface area contributed by atoms with Gasteiger partial charge in [0.2, 0.25) is 0 Å². The Kier molecular flexibility index (Phi) is 6.34. The van der Waals surface area contributed by atoms with Crippen LogP contribution in [0, 0.1) is 5.82 Å². The zero-order valence-corrected chi connectivity index (χ0v) is 16.8. The third-order valence-corrected chi connectivity index (χ3v) is 6.01. The van der Waals surface area contributed by atoms with Gasteiger partial charge >= 0.3 is 12.0 Å². The van der Waals surface area contributed by atoms with Gasteiger partial charge in [-0.3, -0.25) is 5.32 Å². The van der Waals surface area contributed by atoms with Crippen molar-refractivity contribution in [3.63, 3.8) is 0 Å². The van der Waals surface area contributed by atoms with Crippen LogP contribution < -0.4 is 15.4 Å². The summed E-state index contributed by atoms with van der Waals surface area (Å²) in [6, 6.07) is 5.38. The van der Waals surface area contributed by atoms with Crippen molar-refractivity contribution in [3.8, 4) is 6.01 Å². The van der Waals surface area contributed by atoms with Gasteiger partial charge in [-0.15, -0.1) is 11.3 Å². The van der Waals surface area contributed by atoms with Gasteiger partial charge in [-0.05, 0) is 17.7 Å². The standard InChI is InChI=1S/C17H16FN5O4S2/c1-27-16-20-7-14(8-21-16)29(25,26)10-13-9-28-17(22-13)23-15(24)19-6-11-3-2-4-12(18)5-11/h2-5,7-9H,6,10H2,1H3,(H2,19,22,23,24). The van der Waals surface area contributed by atoms with Crippen LogP contribution in [0.4, 0.5) is 14.3 Å². The summed E-state index contributed by atoms with van der Waals surface area (Å²) in [6.45, 7) is 0.133. The number of rotatable bonds is 7. The van der Waals surface area contributed by atoms with E-state index < -0.39 is 21.7 Å². The van der Waals surface area contributed by atoms with E-state index >= 15 is 0 Å². The summed E-state index contributed by atoms with van der Waals surface area (Å²) in [5.74, 6) is -0.760. The van der Waals surface area contributed by atoms with Crippen LogP contribution in [0.2, 0.25) is 0 Å². The predicted octanol–water partition coefficient (Wildman–Crippen LogP) is 2.38. The number of hydrogen-bond donors (Lipinski definition) is 2. The van der Waals surface area contributed by atoms with Crippen molar-refractivity contribution < 1.29 is 22.3 Å². The Balaban J connectivity index is 1.57. The molecule has 0 atom stereocenters. The summed E-state index contributed by atoms with van der Waals surface area (Å²) in [7, 11) is -2.33. The fourth-order valence-corrected chi connectivity index (χ4v) is 4.19. The zero-order valence-electron chi connectivity index (χ0n) is 15.1. The van der Waals surface area contributed by atoms with E-state index in [2.05, 4.69) is 25.6 Å². The highest BCUT2D eigenvalue weighted by Gasteiger charge is 2.19. The Bertz CT molecular complexity index is 1100. The fourth-order valence-electron chi connectivity index (χ4n) is 2.25. The number of anilines is 1. The fraction of sp³-hybridized carbons (Fsp3) is 0.176. The number of carbonyl (C=O) groups is 1. The number of aromatic nitrogens is 3. The number of ether oxygens (including phenoxy) is 1. The van der Waals surface area contributed by atoms with Crippen LogP contribution in [0.5, 0.6) is 6.01 Å². The van der Waals surface area contributed by atoms with E-state index in [1.165, 1.54) is 24.6 Å².